The molecule has 0 bridgehead atoms. The van der Waals surface area contributed by atoms with Crippen molar-refractivity contribution in [2.75, 3.05) is 6.26 Å². The molecule has 2 aromatic carbocycles. The zero-order valence-electron chi connectivity index (χ0n) is 14.8. The highest BCUT2D eigenvalue weighted by Gasteiger charge is 2.21. The van der Waals surface area contributed by atoms with Crippen molar-refractivity contribution in [3.05, 3.63) is 87.6 Å². The Hall–Kier alpha value is -2.33. The monoisotopic (exact) mass is 411 g/mol. The van der Waals surface area contributed by atoms with E-state index in [1.165, 1.54) is 28.0 Å². The Morgan fingerprint density at radius 1 is 1.07 bits per heavy atom. The van der Waals surface area contributed by atoms with Gasteiger partial charge in [0.15, 0.2) is 0 Å². The lowest BCUT2D eigenvalue weighted by atomic mass is 10.1. The number of rotatable bonds is 5. The van der Waals surface area contributed by atoms with Gasteiger partial charge in [-0.15, -0.1) is 23.1 Å². The van der Waals surface area contributed by atoms with E-state index in [4.69, 9.17) is 6.57 Å². The fraction of sp³-hybridized carbons (Fsp3) is 0.0952. The van der Waals surface area contributed by atoms with E-state index in [0.29, 0.717) is 5.56 Å². The van der Waals surface area contributed by atoms with Gasteiger partial charge in [-0.3, -0.25) is 0 Å². The fourth-order valence-corrected chi connectivity index (χ4v) is 5.48. The van der Waals surface area contributed by atoms with E-state index >= 15 is 0 Å². The van der Waals surface area contributed by atoms with Crippen molar-refractivity contribution in [1.29, 1.82) is 0 Å². The molecule has 0 atom stereocenters. The summed E-state index contributed by atoms with van der Waals surface area (Å²) in [6.07, 6.45) is 3.47. The number of hydrogen-bond acceptors (Lipinski definition) is 4. The van der Waals surface area contributed by atoms with Crippen molar-refractivity contribution in [2.24, 2.45) is 0 Å². The van der Waals surface area contributed by atoms with E-state index in [1.807, 2.05) is 37.4 Å². The first-order valence-electron chi connectivity index (χ1n) is 8.08. The van der Waals surface area contributed by atoms with Gasteiger partial charge in [0.05, 0.1) is 11.5 Å². The van der Waals surface area contributed by atoms with Gasteiger partial charge < -0.3 is 0 Å². The summed E-state index contributed by atoms with van der Waals surface area (Å²) in [4.78, 5) is 5.82. The molecule has 3 nitrogen and oxygen atoms in total. The van der Waals surface area contributed by atoms with E-state index in [1.54, 1.807) is 35.2 Å². The van der Waals surface area contributed by atoms with Gasteiger partial charge in [0, 0.05) is 9.77 Å². The van der Waals surface area contributed by atoms with Crippen LogP contribution in [0.2, 0.25) is 0 Å². The summed E-state index contributed by atoms with van der Waals surface area (Å²) in [5, 5.41) is 1.78. The second kappa shape index (κ2) is 8.13. The topological polar surface area (TPSA) is 38.5 Å². The Kier molecular flexibility index (Phi) is 5.85. The van der Waals surface area contributed by atoms with Crippen LogP contribution in [-0.2, 0) is 9.84 Å². The van der Waals surface area contributed by atoms with Crippen molar-refractivity contribution >= 4 is 39.0 Å². The van der Waals surface area contributed by atoms with Crippen LogP contribution in [0.3, 0.4) is 0 Å². The molecule has 136 valence electrons. The second-order valence-electron chi connectivity index (χ2n) is 5.85. The number of aryl methyl sites for hydroxylation is 1. The Morgan fingerprint density at radius 3 is 2.33 bits per heavy atom. The minimum Gasteiger partial charge on any atom is -0.230 e. The molecular formula is C21H17NO2S3. The summed E-state index contributed by atoms with van der Waals surface area (Å²) < 4.78 is 25.5. The maximum absolute atomic E-state index is 12.7. The summed E-state index contributed by atoms with van der Waals surface area (Å²) in [6, 6.07) is 16.2. The van der Waals surface area contributed by atoms with Crippen LogP contribution in [-0.4, -0.2) is 14.7 Å². The average molecular weight is 412 g/mol. The summed E-state index contributed by atoms with van der Waals surface area (Å²) in [7, 11) is -3.82. The van der Waals surface area contributed by atoms with Crippen LogP contribution in [0.1, 0.15) is 11.1 Å². The molecule has 0 aliphatic heterocycles. The molecule has 1 heterocycles. The van der Waals surface area contributed by atoms with Crippen molar-refractivity contribution < 1.29 is 8.42 Å². The van der Waals surface area contributed by atoms with Gasteiger partial charge in [-0.1, -0.05) is 42.0 Å². The lowest BCUT2D eigenvalue weighted by Crippen LogP contribution is -2.02. The fourth-order valence-electron chi connectivity index (χ4n) is 2.55. The largest absolute Gasteiger partial charge is 0.283 e. The third-order valence-corrected chi connectivity index (χ3v) is 7.55. The van der Waals surface area contributed by atoms with Gasteiger partial charge in [0.1, 0.15) is 0 Å². The first-order valence-corrected chi connectivity index (χ1v) is 11.7. The van der Waals surface area contributed by atoms with Crippen molar-refractivity contribution in [3.8, 4) is 10.4 Å². The number of benzene rings is 2. The normalized spacial score (nSPS) is 12.0. The predicted octanol–water partition coefficient (Wildman–Crippen LogP) is 6.14. The maximum Gasteiger partial charge on any atom is 0.283 e. The van der Waals surface area contributed by atoms with Gasteiger partial charge in [0.25, 0.3) is 5.03 Å². The zero-order valence-corrected chi connectivity index (χ0v) is 17.3. The van der Waals surface area contributed by atoms with Crippen LogP contribution < -0.4 is 0 Å². The number of hydrogen-bond donors (Lipinski definition) is 0. The molecule has 0 aliphatic carbocycles. The number of thiophene rings is 1. The molecule has 0 saturated carbocycles. The SMILES string of the molecule is [C-]#[N+]C(=Cc1ccc(-c2sccc2SC)cc1)S(=O)(=O)c1ccc(C)cc1. The van der Waals surface area contributed by atoms with Gasteiger partial charge in [-0.2, -0.15) is 0 Å². The molecule has 27 heavy (non-hydrogen) atoms. The van der Waals surface area contributed by atoms with E-state index in [9.17, 15) is 8.42 Å². The molecule has 0 fully saturated rings. The Balaban J connectivity index is 1.94. The number of thioether (sulfide) groups is 1. The minimum atomic E-state index is -3.82. The number of nitrogens with zero attached hydrogens (tertiary/aromatic N) is 1. The highest BCUT2D eigenvalue weighted by Crippen LogP contribution is 2.35. The summed E-state index contributed by atoms with van der Waals surface area (Å²) in [5.74, 6) is 0. The molecule has 0 N–H and O–H groups in total. The van der Waals surface area contributed by atoms with Crippen LogP contribution in [0.5, 0.6) is 0 Å². The number of sulfone groups is 1. The Morgan fingerprint density at radius 2 is 1.74 bits per heavy atom. The van der Waals surface area contributed by atoms with Crippen LogP contribution in [0, 0.1) is 13.5 Å². The molecular weight excluding hydrogens is 394 g/mol. The third-order valence-electron chi connectivity index (χ3n) is 4.03. The zero-order chi connectivity index (χ0) is 19.4. The summed E-state index contributed by atoms with van der Waals surface area (Å²) >= 11 is 3.37. The molecule has 0 spiro atoms. The van der Waals surface area contributed by atoms with Crippen LogP contribution >= 0.6 is 23.1 Å². The molecule has 3 aromatic rings. The molecule has 0 aliphatic rings. The van der Waals surface area contributed by atoms with Crippen LogP contribution in [0.15, 0.2) is 74.8 Å². The van der Waals surface area contributed by atoms with Crippen molar-refractivity contribution in [3.63, 3.8) is 0 Å². The predicted molar refractivity (Wildman–Crippen MR) is 114 cm³/mol. The van der Waals surface area contributed by atoms with Gasteiger partial charge in [0.2, 0.25) is 9.84 Å². The Bertz CT molecular complexity index is 1120. The standard InChI is InChI=1S/C21H17NO2S3/c1-15-4-10-18(11-5-15)27(23,24)20(22-2)14-16-6-8-17(9-7-16)21-19(25-3)12-13-26-21/h4-14H,1,3H3. The molecule has 0 radical (unpaired) electrons. The molecule has 3 rings (SSSR count). The third kappa shape index (κ3) is 4.16. The van der Waals surface area contributed by atoms with Crippen LogP contribution in [0.25, 0.3) is 21.4 Å². The second-order valence-corrected chi connectivity index (χ2v) is 9.51. The smallest absolute Gasteiger partial charge is 0.230 e. The summed E-state index contributed by atoms with van der Waals surface area (Å²) in [6.45, 7) is 9.23. The van der Waals surface area contributed by atoms with E-state index in [-0.39, 0.29) is 9.92 Å². The van der Waals surface area contributed by atoms with Crippen molar-refractivity contribution in [1.82, 2.24) is 0 Å². The first-order chi connectivity index (χ1) is 13.0. The molecule has 6 heteroatoms. The van der Waals surface area contributed by atoms with Crippen molar-refractivity contribution in [2.45, 2.75) is 16.7 Å². The van der Waals surface area contributed by atoms with E-state index < -0.39 is 9.84 Å². The highest BCUT2D eigenvalue weighted by atomic mass is 32.2. The molecule has 0 saturated heterocycles. The first kappa shape index (κ1) is 19.4. The molecule has 0 unspecified atom stereocenters. The van der Waals surface area contributed by atoms with E-state index in [0.717, 1.165) is 11.1 Å². The lowest BCUT2D eigenvalue weighted by Gasteiger charge is -2.05. The Labute approximate surface area is 168 Å². The van der Waals surface area contributed by atoms with Gasteiger partial charge in [-0.25, -0.2) is 13.3 Å². The highest BCUT2D eigenvalue weighted by molar-refractivity contribution is 7.99. The van der Waals surface area contributed by atoms with E-state index in [2.05, 4.69) is 16.3 Å². The van der Waals surface area contributed by atoms with Crippen LogP contribution in [0.4, 0.5) is 0 Å². The van der Waals surface area contributed by atoms with Gasteiger partial charge in [-0.05, 0) is 54.0 Å². The minimum absolute atomic E-state index is 0.134. The average Bonchev–Trinajstić information content (AvgIpc) is 3.15. The maximum atomic E-state index is 12.7. The molecule has 0 amide bonds. The molecule has 1 aromatic heterocycles. The quantitative estimate of drug-likeness (QED) is 0.374. The van der Waals surface area contributed by atoms with Gasteiger partial charge >= 0.3 is 0 Å². The summed E-state index contributed by atoms with van der Waals surface area (Å²) in [5.41, 5.74) is 2.73. The lowest BCUT2D eigenvalue weighted by molar-refractivity contribution is 0.603.